The second-order valence-electron chi connectivity index (χ2n) is 4.47. The quantitative estimate of drug-likeness (QED) is 0.693. The van der Waals surface area contributed by atoms with Crippen molar-refractivity contribution in [2.75, 3.05) is 0 Å². The van der Waals surface area contributed by atoms with Crippen molar-refractivity contribution in [2.45, 2.75) is 37.4 Å². The van der Waals surface area contributed by atoms with E-state index >= 15 is 0 Å². The molecule has 0 fully saturated rings. The molecular weight excluding hydrogens is 278 g/mol. The number of halogens is 3. The average molecular weight is 294 g/mol. The molecule has 1 atom stereocenters. The topological polar surface area (TPSA) is 0 Å². The Hall–Kier alpha value is -0.0800. The van der Waals surface area contributed by atoms with E-state index in [2.05, 4.69) is 22.9 Å². The minimum absolute atomic E-state index is 0.222. The third-order valence-electron chi connectivity index (χ3n) is 2.43. The third-order valence-corrected chi connectivity index (χ3v) is 3.07. The molecule has 0 aliphatic rings. The SMILES string of the molecule is CC(Br)CC(C)(C)c1c(F)cccc1Cl. The van der Waals surface area contributed by atoms with Gasteiger partial charge in [0.25, 0.3) is 0 Å². The largest absolute Gasteiger partial charge is 0.207 e. The molecule has 0 radical (unpaired) electrons. The van der Waals surface area contributed by atoms with Crippen LogP contribution in [0.15, 0.2) is 18.2 Å². The van der Waals surface area contributed by atoms with Crippen LogP contribution in [-0.4, -0.2) is 4.83 Å². The van der Waals surface area contributed by atoms with Crippen LogP contribution < -0.4 is 0 Å². The Morgan fingerprint density at radius 3 is 2.53 bits per heavy atom. The van der Waals surface area contributed by atoms with Crippen molar-refractivity contribution in [1.29, 1.82) is 0 Å². The van der Waals surface area contributed by atoms with Gasteiger partial charge < -0.3 is 0 Å². The Morgan fingerprint density at radius 2 is 2.07 bits per heavy atom. The van der Waals surface area contributed by atoms with E-state index in [9.17, 15) is 4.39 Å². The number of rotatable bonds is 3. The Kier molecular flexibility index (Phi) is 4.19. The molecule has 1 unspecified atom stereocenters. The van der Waals surface area contributed by atoms with Crippen molar-refractivity contribution in [1.82, 2.24) is 0 Å². The molecule has 0 aliphatic heterocycles. The molecule has 0 N–H and O–H groups in total. The number of alkyl halides is 1. The highest BCUT2D eigenvalue weighted by Crippen LogP contribution is 2.36. The highest BCUT2D eigenvalue weighted by Gasteiger charge is 2.27. The molecule has 15 heavy (non-hydrogen) atoms. The predicted octanol–water partition coefficient (Wildman–Crippen LogP) is 4.93. The number of hydrogen-bond acceptors (Lipinski definition) is 0. The van der Waals surface area contributed by atoms with Crippen molar-refractivity contribution >= 4 is 27.5 Å². The summed E-state index contributed by atoms with van der Waals surface area (Å²) >= 11 is 9.53. The van der Waals surface area contributed by atoms with E-state index < -0.39 is 0 Å². The van der Waals surface area contributed by atoms with E-state index in [-0.39, 0.29) is 11.2 Å². The molecule has 0 nitrogen and oxygen atoms in total. The summed E-state index contributed by atoms with van der Waals surface area (Å²) in [5.74, 6) is -0.222. The lowest BCUT2D eigenvalue weighted by Crippen LogP contribution is -2.22. The van der Waals surface area contributed by atoms with Gasteiger partial charge in [-0.1, -0.05) is 54.4 Å². The van der Waals surface area contributed by atoms with Crippen LogP contribution in [0.4, 0.5) is 4.39 Å². The maximum absolute atomic E-state index is 13.7. The zero-order chi connectivity index (χ0) is 11.6. The van der Waals surface area contributed by atoms with Gasteiger partial charge in [-0.25, -0.2) is 4.39 Å². The van der Waals surface area contributed by atoms with Crippen LogP contribution in [0.5, 0.6) is 0 Å². The molecule has 0 bridgehead atoms. The molecule has 0 aromatic heterocycles. The second-order valence-corrected chi connectivity index (χ2v) is 6.44. The van der Waals surface area contributed by atoms with Gasteiger partial charge in [-0.05, 0) is 24.0 Å². The summed E-state index contributed by atoms with van der Waals surface area (Å²) in [5.41, 5.74) is 0.351. The third kappa shape index (κ3) is 3.18. The molecule has 0 heterocycles. The standard InChI is InChI=1S/C12H15BrClF/c1-8(13)7-12(2,3)11-9(14)5-4-6-10(11)15/h4-6,8H,7H2,1-3H3. The van der Waals surface area contributed by atoms with Crippen molar-refractivity contribution in [3.63, 3.8) is 0 Å². The van der Waals surface area contributed by atoms with E-state index in [1.807, 2.05) is 13.8 Å². The summed E-state index contributed by atoms with van der Waals surface area (Å²) < 4.78 is 13.7. The van der Waals surface area contributed by atoms with Gasteiger partial charge in [-0.2, -0.15) is 0 Å². The number of hydrogen-bond donors (Lipinski definition) is 0. The molecule has 0 amide bonds. The monoisotopic (exact) mass is 292 g/mol. The molecule has 0 aliphatic carbocycles. The van der Waals surface area contributed by atoms with E-state index in [0.29, 0.717) is 15.4 Å². The fourth-order valence-electron chi connectivity index (χ4n) is 1.95. The Labute approximate surface area is 104 Å². The van der Waals surface area contributed by atoms with Gasteiger partial charge in [0.05, 0.1) is 0 Å². The molecule has 1 aromatic rings. The summed E-state index contributed by atoms with van der Waals surface area (Å²) in [7, 11) is 0. The maximum Gasteiger partial charge on any atom is 0.128 e. The first kappa shape index (κ1) is 13.0. The summed E-state index contributed by atoms with van der Waals surface area (Å²) in [6.45, 7) is 6.07. The fraction of sp³-hybridized carbons (Fsp3) is 0.500. The fourth-order valence-corrected chi connectivity index (χ4v) is 3.18. The van der Waals surface area contributed by atoms with E-state index in [1.54, 1.807) is 12.1 Å². The highest BCUT2D eigenvalue weighted by atomic mass is 79.9. The molecular formula is C12H15BrClF. The van der Waals surface area contributed by atoms with Crippen molar-refractivity contribution < 1.29 is 4.39 Å². The van der Waals surface area contributed by atoms with Crippen LogP contribution >= 0.6 is 27.5 Å². The first-order valence-electron chi connectivity index (χ1n) is 4.93. The van der Waals surface area contributed by atoms with E-state index in [0.717, 1.165) is 6.42 Å². The lowest BCUT2D eigenvalue weighted by atomic mass is 9.80. The zero-order valence-electron chi connectivity index (χ0n) is 9.15. The summed E-state index contributed by atoms with van der Waals surface area (Å²) in [6, 6.07) is 4.83. The van der Waals surface area contributed by atoms with Crippen molar-refractivity contribution in [3.05, 3.63) is 34.6 Å². The molecule has 0 saturated heterocycles. The summed E-state index contributed by atoms with van der Waals surface area (Å²) in [5, 5.41) is 0.508. The summed E-state index contributed by atoms with van der Waals surface area (Å²) in [6.07, 6.45) is 0.841. The van der Waals surface area contributed by atoms with Gasteiger partial charge in [-0.15, -0.1) is 0 Å². The van der Waals surface area contributed by atoms with Crippen LogP contribution in [0.3, 0.4) is 0 Å². The smallest absolute Gasteiger partial charge is 0.128 e. The Balaban J connectivity index is 3.14. The predicted molar refractivity (Wildman–Crippen MR) is 67.4 cm³/mol. The average Bonchev–Trinajstić information content (AvgIpc) is 1.99. The maximum atomic E-state index is 13.7. The lowest BCUT2D eigenvalue weighted by Gasteiger charge is -2.28. The second kappa shape index (κ2) is 4.84. The molecule has 1 rings (SSSR count). The highest BCUT2D eigenvalue weighted by molar-refractivity contribution is 9.09. The number of benzene rings is 1. The van der Waals surface area contributed by atoms with Gasteiger partial charge in [-0.3, -0.25) is 0 Å². The van der Waals surface area contributed by atoms with Gasteiger partial charge in [0.15, 0.2) is 0 Å². The zero-order valence-corrected chi connectivity index (χ0v) is 11.5. The van der Waals surface area contributed by atoms with Crippen LogP contribution in [0.2, 0.25) is 5.02 Å². The van der Waals surface area contributed by atoms with Crippen molar-refractivity contribution in [2.24, 2.45) is 0 Å². The lowest BCUT2D eigenvalue weighted by molar-refractivity contribution is 0.452. The minimum atomic E-state index is -0.259. The normalized spacial score (nSPS) is 14.0. The van der Waals surface area contributed by atoms with Crippen LogP contribution in [0.1, 0.15) is 32.8 Å². The van der Waals surface area contributed by atoms with E-state index in [4.69, 9.17) is 11.6 Å². The Morgan fingerprint density at radius 1 is 1.47 bits per heavy atom. The summed E-state index contributed by atoms with van der Waals surface area (Å²) in [4.78, 5) is 0.336. The molecule has 0 spiro atoms. The van der Waals surface area contributed by atoms with Crippen LogP contribution in [0, 0.1) is 5.82 Å². The van der Waals surface area contributed by atoms with Crippen LogP contribution in [0.25, 0.3) is 0 Å². The molecule has 0 saturated carbocycles. The van der Waals surface area contributed by atoms with Gasteiger partial charge in [0, 0.05) is 15.4 Å². The van der Waals surface area contributed by atoms with Gasteiger partial charge in [0.1, 0.15) is 5.82 Å². The van der Waals surface area contributed by atoms with Crippen LogP contribution in [-0.2, 0) is 5.41 Å². The molecule has 84 valence electrons. The minimum Gasteiger partial charge on any atom is -0.207 e. The van der Waals surface area contributed by atoms with Gasteiger partial charge in [0.2, 0.25) is 0 Å². The van der Waals surface area contributed by atoms with Gasteiger partial charge >= 0.3 is 0 Å². The van der Waals surface area contributed by atoms with Crippen molar-refractivity contribution in [3.8, 4) is 0 Å². The molecule has 1 aromatic carbocycles. The molecule has 3 heteroatoms. The Bertz CT molecular complexity index is 327. The first-order chi connectivity index (χ1) is 6.84. The first-order valence-corrected chi connectivity index (χ1v) is 6.22. The van der Waals surface area contributed by atoms with E-state index in [1.165, 1.54) is 6.07 Å².